The Morgan fingerprint density at radius 3 is 1.80 bits per heavy atom. The molecule has 0 aromatic heterocycles. The van der Waals surface area contributed by atoms with Crippen LogP contribution in [0.2, 0.25) is 0 Å². The molecule has 470 valence electrons. The summed E-state index contributed by atoms with van der Waals surface area (Å²) in [5.74, 6) is -5.03. The summed E-state index contributed by atoms with van der Waals surface area (Å²) in [6.07, 6.45) is -4.67. The number of carbonyl (C=O) groups is 2. The number of nitrogens with one attached hydrogen (secondary N) is 1. The predicted octanol–water partition coefficient (Wildman–Crippen LogP) is 3.43. The molecule has 0 saturated heterocycles. The Bertz CT molecular complexity index is 2120. The van der Waals surface area contributed by atoms with Crippen LogP contribution in [0.3, 0.4) is 0 Å². The lowest BCUT2D eigenvalue weighted by molar-refractivity contribution is -0.149. The summed E-state index contributed by atoms with van der Waals surface area (Å²) in [5, 5.41) is 156. The van der Waals surface area contributed by atoms with E-state index in [2.05, 4.69) is 5.32 Å². The number of aliphatic hydroxyl groups is 14. The van der Waals surface area contributed by atoms with Crippen molar-refractivity contribution in [2.75, 3.05) is 0 Å². The topological polar surface area (TPSA) is 365 Å². The van der Waals surface area contributed by atoms with Crippen molar-refractivity contribution in [3.8, 4) is 0 Å². The Kier molecular flexibility index (Phi) is 34.8. The van der Waals surface area contributed by atoms with Gasteiger partial charge in [0.15, 0.2) is 0 Å². The van der Waals surface area contributed by atoms with Gasteiger partial charge in [0.25, 0.3) is 0 Å². The van der Waals surface area contributed by atoms with E-state index in [1.807, 2.05) is 50.3 Å². The van der Waals surface area contributed by atoms with Gasteiger partial charge in [0.05, 0.1) is 85.5 Å². The Balaban J connectivity index is 2.32. The minimum atomic E-state index is -1.49. The molecule has 1 aromatic carbocycles. The summed E-state index contributed by atoms with van der Waals surface area (Å²) in [5.41, 5.74) is 8.13. The second-order valence-electron chi connectivity index (χ2n) is 23.8. The molecule has 1 aliphatic heterocycles. The number of benzene rings is 1. The van der Waals surface area contributed by atoms with E-state index < -0.39 is 127 Å². The van der Waals surface area contributed by atoms with Crippen LogP contribution >= 0.6 is 0 Å². The van der Waals surface area contributed by atoms with Crippen molar-refractivity contribution in [3.63, 3.8) is 0 Å². The molecule has 22 unspecified atom stereocenters. The fraction of sp³-hybridized carbons (Fsp3) is 0.714. The number of esters is 1. The second kappa shape index (κ2) is 38.3. The number of hydrogen-bond donors (Lipinski definition) is 16. The Hall–Kier alpha value is -3.74. The first-order chi connectivity index (χ1) is 38.5. The van der Waals surface area contributed by atoms with Gasteiger partial charge < -0.3 is 87.3 Å². The number of allylic oxidation sites excluding steroid dienone is 2. The van der Waals surface area contributed by atoms with Gasteiger partial charge in [0.2, 0.25) is 5.91 Å². The van der Waals surface area contributed by atoms with Crippen molar-refractivity contribution in [1.82, 2.24) is 5.32 Å². The Labute approximate surface area is 487 Å². The maximum atomic E-state index is 13.6. The lowest BCUT2D eigenvalue weighted by Gasteiger charge is -2.33. The summed E-state index contributed by atoms with van der Waals surface area (Å²) < 4.78 is 5.98. The number of cyclic esters (lactones) is 1. The number of amides is 1. The quantitative estimate of drug-likeness (QED) is 0.131. The zero-order valence-electron chi connectivity index (χ0n) is 50.1. The van der Waals surface area contributed by atoms with Crippen LogP contribution in [0.1, 0.15) is 150 Å². The van der Waals surface area contributed by atoms with Gasteiger partial charge in [0.1, 0.15) is 6.10 Å². The molecule has 0 aliphatic carbocycles. The number of ether oxygens (including phenoxy) is 1. The standard InChI is InChI=1S/C63H106N2O17/c1-36-14-10-11-18-52(71)42(7)61(79)37(2)15-12-16-39(4)63(81)82-58(41(6)53(72)26-27-59(77)65-35-46-23-21-45(34-64)22-24-46)19-13-17-47(66)29-48(67)31-54(73)43(8)62(80)44(9)55(74)32-49(68)30-50(69)33-57(76)56(75)28-40(5)60(78)38(3)20-25-51(36)70/h10,13-14,16-17,20-25,28,36-38,41-44,47-58,60-62,66-76,78-80H,11-12,15,18-19,26-27,29-35,64H2,1-9H3,(H,65,77). The van der Waals surface area contributed by atoms with Crippen molar-refractivity contribution in [2.24, 2.45) is 47.2 Å². The lowest BCUT2D eigenvalue weighted by atomic mass is 9.82. The third kappa shape index (κ3) is 27.1. The monoisotopic (exact) mass is 1160 g/mol. The van der Waals surface area contributed by atoms with Crippen LogP contribution in [-0.2, 0) is 27.4 Å². The molecule has 1 amide bonds. The molecule has 22 atom stereocenters. The van der Waals surface area contributed by atoms with E-state index in [1.165, 1.54) is 26.0 Å². The van der Waals surface area contributed by atoms with Gasteiger partial charge >= 0.3 is 5.97 Å². The highest BCUT2D eigenvalue weighted by molar-refractivity contribution is 5.87. The Morgan fingerprint density at radius 1 is 0.646 bits per heavy atom. The van der Waals surface area contributed by atoms with Crippen LogP contribution < -0.4 is 11.1 Å². The van der Waals surface area contributed by atoms with E-state index in [9.17, 15) is 81.1 Å². The number of rotatable bonds is 8. The third-order valence-electron chi connectivity index (χ3n) is 16.6. The predicted molar refractivity (Wildman–Crippen MR) is 315 cm³/mol. The summed E-state index contributed by atoms with van der Waals surface area (Å²) in [7, 11) is 0. The largest absolute Gasteiger partial charge is 0.458 e. The first-order valence-electron chi connectivity index (χ1n) is 29.6. The lowest BCUT2D eigenvalue weighted by Crippen LogP contribution is -2.41. The van der Waals surface area contributed by atoms with E-state index in [4.69, 9.17) is 10.5 Å². The molecule has 0 radical (unpaired) electrons. The highest BCUT2D eigenvalue weighted by Gasteiger charge is 2.34. The molecular formula is C63H106N2O17. The Morgan fingerprint density at radius 2 is 1.21 bits per heavy atom. The van der Waals surface area contributed by atoms with Crippen LogP contribution in [-0.4, -0.2) is 175 Å². The fourth-order valence-electron chi connectivity index (χ4n) is 10.1. The molecule has 1 aliphatic rings. The van der Waals surface area contributed by atoms with E-state index in [1.54, 1.807) is 58.9 Å². The maximum Gasteiger partial charge on any atom is 0.333 e. The van der Waals surface area contributed by atoms with Crippen LogP contribution in [0.4, 0.5) is 0 Å². The van der Waals surface area contributed by atoms with E-state index in [0.717, 1.165) is 11.1 Å². The number of nitrogens with two attached hydrogens (primary N) is 1. The third-order valence-corrected chi connectivity index (χ3v) is 16.6. The summed E-state index contributed by atoms with van der Waals surface area (Å²) in [4.78, 5) is 26.5. The van der Waals surface area contributed by atoms with Crippen molar-refractivity contribution >= 4 is 11.9 Å². The normalized spacial score (nSPS) is 36.3. The zero-order chi connectivity index (χ0) is 62.0. The van der Waals surface area contributed by atoms with Crippen molar-refractivity contribution in [3.05, 3.63) is 95.1 Å². The summed E-state index contributed by atoms with van der Waals surface area (Å²) in [6, 6.07) is 7.49. The van der Waals surface area contributed by atoms with Crippen molar-refractivity contribution < 1.29 is 85.8 Å². The number of carbonyl (C=O) groups excluding carboxylic acids is 2. The molecule has 0 spiro atoms. The van der Waals surface area contributed by atoms with E-state index in [-0.39, 0.29) is 81.2 Å². The molecular weight excluding hydrogens is 1060 g/mol. The van der Waals surface area contributed by atoms with Gasteiger partial charge in [-0.15, -0.1) is 0 Å². The average Bonchev–Trinajstić information content (AvgIpc) is 3.52. The van der Waals surface area contributed by atoms with Gasteiger partial charge in [-0.2, -0.15) is 0 Å². The summed E-state index contributed by atoms with van der Waals surface area (Å²) in [6.45, 7) is 15.7. The number of aliphatic hydroxyl groups excluding tert-OH is 14. The molecule has 0 bridgehead atoms. The van der Waals surface area contributed by atoms with E-state index >= 15 is 0 Å². The molecule has 1 aromatic rings. The van der Waals surface area contributed by atoms with Gasteiger partial charge in [0, 0.05) is 79.9 Å². The molecule has 19 heteroatoms. The zero-order valence-corrected chi connectivity index (χ0v) is 50.1. The SMILES string of the molecule is CC1=CCCC(C)C(O)C(C)C(O)CCC=CC(C)C(O)C=CC(C)C(O)C(C)=CC(O)C(O)CC(O)CC(O)CC(O)C(C)C(O)C(C)C(O)CC(O)CC(O)C=CCC(C(C)C(O)CCC(=O)NCc2ccc(CN)cc2)OC1=O. The number of hydrogen-bond acceptors (Lipinski definition) is 18. The van der Waals surface area contributed by atoms with Gasteiger partial charge in [-0.3, -0.25) is 4.79 Å². The molecule has 1 heterocycles. The molecule has 2 rings (SSSR count). The van der Waals surface area contributed by atoms with Gasteiger partial charge in [-0.05, 0) is 87.8 Å². The van der Waals surface area contributed by atoms with Crippen LogP contribution in [0.5, 0.6) is 0 Å². The minimum Gasteiger partial charge on any atom is -0.458 e. The highest BCUT2D eigenvalue weighted by atomic mass is 16.5. The molecule has 19 nitrogen and oxygen atoms in total. The molecule has 17 N–H and O–H groups in total. The average molecular weight is 1160 g/mol. The summed E-state index contributed by atoms with van der Waals surface area (Å²) >= 11 is 0. The van der Waals surface area contributed by atoms with Gasteiger partial charge in [-0.1, -0.05) is 121 Å². The van der Waals surface area contributed by atoms with Crippen LogP contribution in [0.25, 0.3) is 0 Å². The fourth-order valence-corrected chi connectivity index (χ4v) is 10.1. The first kappa shape index (κ1) is 74.4. The smallest absolute Gasteiger partial charge is 0.333 e. The van der Waals surface area contributed by atoms with Crippen LogP contribution in [0.15, 0.2) is 84.0 Å². The van der Waals surface area contributed by atoms with Gasteiger partial charge in [-0.25, -0.2) is 4.79 Å². The molecule has 0 saturated carbocycles. The van der Waals surface area contributed by atoms with E-state index in [0.29, 0.717) is 37.8 Å². The molecule has 82 heavy (non-hydrogen) atoms. The highest BCUT2D eigenvalue weighted by Crippen LogP contribution is 2.28. The first-order valence-corrected chi connectivity index (χ1v) is 29.6. The molecule has 0 fully saturated rings. The second-order valence-corrected chi connectivity index (χ2v) is 23.8. The van der Waals surface area contributed by atoms with Crippen molar-refractivity contribution in [2.45, 2.75) is 244 Å². The van der Waals surface area contributed by atoms with Crippen LogP contribution in [0, 0.1) is 41.4 Å². The maximum absolute atomic E-state index is 13.6. The minimum absolute atomic E-state index is 0.0165. The van der Waals surface area contributed by atoms with Crippen molar-refractivity contribution in [1.29, 1.82) is 0 Å².